The van der Waals surface area contributed by atoms with E-state index in [4.69, 9.17) is 11.2 Å². The van der Waals surface area contributed by atoms with Crippen LogP contribution in [-0.2, 0) is 5.54 Å². The first-order valence-corrected chi connectivity index (χ1v) is 7.72. The van der Waals surface area contributed by atoms with Crippen molar-refractivity contribution in [1.29, 1.82) is 0 Å². The number of halogens is 3. The lowest BCUT2D eigenvalue weighted by Gasteiger charge is -2.34. The summed E-state index contributed by atoms with van der Waals surface area (Å²) in [4.78, 5) is 11.3. The van der Waals surface area contributed by atoms with Crippen molar-refractivity contribution in [2.75, 3.05) is 6.61 Å². The number of nitrogens with one attached hydrogen (secondary N) is 1. The Hall–Kier alpha value is -3.47. The molecule has 8 heteroatoms. The van der Waals surface area contributed by atoms with Gasteiger partial charge in [-0.3, -0.25) is 5.43 Å². The number of para-hydroxylation sites is 1. The second-order valence-electron chi connectivity index (χ2n) is 5.74. The number of carbonyl (C=O) groups is 1. The minimum absolute atomic E-state index is 0.254. The SMILES string of the molecule is C#CCOc1cc(C2(C(F)(F)F)C=c3ccccc3=NN2)ccc1C(=O)O. The molecule has 0 bridgehead atoms. The second kappa shape index (κ2) is 6.68. The molecule has 1 aliphatic rings. The molecule has 0 saturated heterocycles. The molecule has 0 fully saturated rings. The van der Waals surface area contributed by atoms with Gasteiger partial charge in [0, 0.05) is 5.22 Å². The maximum absolute atomic E-state index is 14.1. The van der Waals surface area contributed by atoms with Crippen molar-refractivity contribution in [3.8, 4) is 18.1 Å². The number of hydrogen-bond donors (Lipinski definition) is 2. The number of alkyl halides is 3. The Morgan fingerprint density at radius 1 is 1.30 bits per heavy atom. The zero-order valence-electron chi connectivity index (χ0n) is 13.7. The van der Waals surface area contributed by atoms with Crippen LogP contribution in [0, 0.1) is 12.3 Å². The predicted molar refractivity (Wildman–Crippen MR) is 90.3 cm³/mol. The summed E-state index contributed by atoms with van der Waals surface area (Å²) in [5.74, 6) is 0.558. The van der Waals surface area contributed by atoms with Gasteiger partial charge < -0.3 is 9.84 Å². The first kappa shape index (κ1) is 18.3. The quantitative estimate of drug-likeness (QED) is 0.801. The molecule has 1 heterocycles. The summed E-state index contributed by atoms with van der Waals surface area (Å²) >= 11 is 0. The maximum atomic E-state index is 14.1. The van der Waals surface area contributed by atoms with E-state index in [1.54, 1.807) is 18.2 Å². The van der Waals surface area contributed by atoms with Crippen molar-refractivity contribution < 1.29 is 27.8 Å². The first-order valence-electron chi connectivity index (χ1n) is 7.72. The van der Waals surface area contributed by atoms with Crippen LogP contribution in [0.1, 0.15) is 15.9 Å². The summed E-state index contributed by atoms with van der Waals surface area (Å²) < 4.78 is 47.4. The number of hydrogen-bond acceptors (Lipinski definition) is 4. The van der Waals surface area contributed by atoms with E-state index in [1.807, 2.05) is 0 Å². The van der Waals surface area contributed by atoms with E-state index in [1.165, 1.54) is 6.07 Å². The van der Waals surface area contributed by atoms with Crippen LogP contribution in [0.15, 0.2) is 47.6 Å². The molecule has 0 saturated carbocycles. The number of nitrogens with zero attached hydrogens (tertiary/aromatic N) is 1. The Kier molecular flexibility index (Phi) is 4.54. The highest BCUT2D eigenvalue weighted by Crippen LogP contribution is 2.42. The topological polar surface area (TPSA) is 70.9 Å². The van der Waals surface area contributed by atoms with Gasteiger partial charge in [0.2, 0.25) is 0 Å². The molecule has 5 nitrogen and oxygen atoms in total. The average Bonchev–Trinajstić information content (AvgIpc) is 2.64. The lowest BCUT2D eigenvalue weighted by Crippen LogP contribution is -2.55. The fraction of sp³-hybridized carbons (Fsp3) is 0.158. The largest absolute Gasteiger partial charge is 0.480 e. The van der Waals surface area contributed by atoms with Crippen molar-refractivity contribution in [2.24, 2.45) is 5.10 Å². The smallest absolute Gasteiger partial charge is 0.420 e. The lowest BCUT2D eigenvalue weighted by atomic mass is 9.87. The fourth-order valence-corrected chi connectivity index (χ4v) is 2.77. The molecule has 0 aromatic heterocycles. The molecule has 1 unspecified atom stereocenters. The number of benzene rings is 2. The number of fused-ring (bicyclic) bond motifs is 1. The van der Waals surface area contributed by atoms with Gasteiger partial charge >= 0.3 is 12.1 Å². The molecule has 0 spiro atoms. The number of terminal acetylenes is 1. The summed E-state index contributed by atoms with van der Waals surface area (Å²) in [5, 5.41) is 13.7. The van der Waals surface area contributed by atoms with Crippen LogP contribution in [0.5, 0.6) is 5.75 Å². The second-order valence-corrected chi connectivity index (χ2v) is 5.74. The standard InChI is InChI=1S/C19H13F3N2O3/c1-2-9-27-16-10-13(7-8-14(16)17(25)26)18(19(20,21)22)11-12-5-3-4-6-15(12)23-24-18/h1,3-8,10-11,24H,9H2,(H,25,26). The Bertz CT molecular complexity index is 1060. The van der Waals surface area contributed by atoms with Crippen LogP contribution in [0.25, 0.3) is 6.08 Å². The van der Waals surface area contributed by atoms with Crippen molar-refractivity contribution in [2.45, 2.75) is 11.7 Å². The van der Waals surface area contributed by atoms with E-state index in [-0.39, 0.29) is 23.5 Å². The van der Waals surface area contributed by atoms with Crippen molar-refractivity contribution in [3.63, 3.8) is 0 Å². The van der Waals surface area contributed by atoms with E-state index < -0.39 is 17.7 Å². The molecule has 0 radical (unpaired) electrons. The molecule has 138 valence electrons. The monoisotopic (exact) mass is 374 g/mol. The van der Waals surface area contributed by atoms with Gasteiger partial charge in [-0.05, 0) is 29.8 Å². The van der Waals surface area contributed by atoms with E-state index in [0.29, 0.717) is 10.6 Å². The van der Waals surface area contributed by atoms with Gasteiger partial charge in [0.05, 0.1) is 5.36 Å². The molecular formula is C19H13F3N2O3. The zero-order chi connectivity index (χ0) is 19.7. The number of carboxylic acid groups (broad SMARTS) is 1. The van der Waals surface area contributed by atoms with Gasteiger partial charge in [-0.2, -0.15) is 18.3 Å². The minimum Gasteiger partial charge on any atom is -0.480 e. The highest BCUT2D eigenvalue weighted by molar-refractivity contribution is 5.91. The Morgan fingerprint density at radius 3 is 2.70 bits per heavy atom. The summed E-state index contributed by atoms with van der Waals surface area (Å²) in [6, 6.07) is 9.49. The number of aromatic carboxylic acids is 1. The molecule has 0 aliphatic carbocycles. The van der Waals surface area contributed by atoms with Gasteiger partial charge in [0.15, 0.2) is 5.54 Å². The van der Waals surface area contributed by atoms with E-state index in [9.17, 15) is 23.1 Å². The van der Waals surface area contributed by atoms with Crippen LogP contribution in [0.4, 0.5) is 13.2 Å². The van der Waals surface area contributed by atoms with E-state index in [0.717, 1.165) is 24.3 Å². The maximum Gasteiger partial charge on any atom is 0.420 e. The van der Waals surface area contributed by atoms with Crippen LogP contribution in [0.3, 0.4) is 0 Å². The lowest BCUT2D eigenvalue weighted by molar-refractivity contribution is -0.180. The third kappa shape index (κ3) is 3.19. The Labute approximate surface area is 151 Å². The average molecular weight is 374 g/mol. The van der Waals surface area contributed by atoms with E-state index >= 15 is 0 Å². The molecule has 0 amide bonds. The van der Waals surface area contributed by atoms with Crippen molar-refractivity contribution in [1.82, 2.24) is 5.43 Å². The van der Waals surface area contributed by atoms with Gasteiger partial charge in [0.25, 0.3) is 0 Å². The normalized spacial score (nSPS) is 18.1. The first-order chi connectivity index (χ1) is 12.8. The Morgan fingerprint density at radius 2 is 2.04 bits per heavy atom. The van der Waals surface area contributed by atoms with Crippen LogP contribution < -0.4 is 20.7 Å². The number of carboxylic acids is 1. The zero-order valence-corrected chi connectivity index (χ0v) is 13.7. The third-order valence-electron chi connectivity index (χ3n) is 4.09. The van der Waals surface area contributed by atoms with Gasteiger partial charge in [-0.25, -0.2) is 4.79 Å². The number of ether oxygens (including phenoxy) is 1. The summed E-state index contributed by atoms with van der Waals surface area (Å²) in [6.07, 6.45) is 1.34. The molecule has 27 heavy (non-hydrogen) atoms. The molecule has 2 aromatic rings. The molecular weight excluding hydrogens is 361 g/mol. The summed E-state index contributed by atoms with van der Waals surface area (Å²) in [5.41, 5.74) is -1.03. The van der Waals surface area contributed by atoms with E-state index in [2.05, 4.69) is 16.4 Å². The summed E-state index contributed by atoms with van der Waals surface area (Å²) in [6.45, 7) is -0.285. The van der Waals surface area contributed by atoms with Gasteiger partial charge in [-0.15, -0.1) is 6.42 Å². The highest BCUT2D eigenvalue weighted by atomic mass is 19.4. The Balaban J connectivity index is 2.23. The molecule has 2 aromatic carbocycles. The van der Waals surface area contributed by atoms with Crippen LogP contribution in [-0.4, -0.2) is 23.9 Å². The van der Waals surface area contributed by atoms with Gasteiger partial charge in [0.1, 0.15) is 17.9 Å². The van der Waals surface area contributed by atoms with Crippen molar-refractivity contribution >= 4 is 12.0 Å². The highest BCUT2D eigenvalue weighted by Gasteiger charge is 2.56. The van der Waals surface area contributed by atoms with Crippen LogP contribution >= 0.6 is 0 Å². The fourth-order valence-electron chi connectivity index (χ4n) is 2.77. The molecule has 1 aliphatic heterocycles. The third-order valence-corrected chi connectivity index (χ3v) is 4.09. The predicted octanol–water partition coefficient (Wildman–Crippen LogP) is 1.77. The van der Waals surface area contributed by atoms with Gasteiger partial charge in [-0.1, -0.05) is 30.2 Å². The van der Waals surface area contributed by atoms with Crippen LogP contribution in [0.2, 0.25) is 0 Å². The number of rotatable bonds is 4. The molecule has 2 N–H and O–H groups in total. The summed E-state index contributed by atoms with van der Waals surface area (Å²) in [7, 11) is 0. The molecule has 3 rings (SSSR count). The minimum atomic E-state index is -4.77. The molecule has 1 atom stereocenters. The van der Waals surface area contributed by atoms with Crippen molar-refractivity contribution in [3.05, 3.63) is 64.2 Å².